The number of halogens is 2. The van der Waals surface area contributed by atoms with Crippen LogP contribution in [0.3, 0.4) is 0 Å². The second kappa shape index (κ2) is 4.66. The van der Waals surface area contributed by atoms with E-state index in [2.05, 4.69) is 9.97 Å². The van der Waals surface area contributed by atoms with Crippen molar-refractivity contribution in [3.8, 4) is 0 Å². The highest BCUT2D eigenvalue weighted by Gasteiger charge is 2.19. The fourth-order valence-corrected chi connectivity index (χ4v) is 2.46. The largest absolute Gasteiger partial charge is 0.368 e. The number of rotatable bonds is 1. The Morgan fingerprint density at radius 2 is 2.07 bits per heavy atom. The molecule has 1 unspecified atom stereocenters. The van der Waals surface area contributed by atoms with Crippen LogP contribution in [0.5, 0.6) is 0 Å². The zero-order chi connectivity index (χ0) is 9.97. The summed E-state index contributed by atoms with van der Waals surface area (Å²) in [6, 6.07) is 1.52. The summed E-state index contributed by atoms with van der Waals surface area (Å²) < 4.78 is 5.51. The van der Waals surface area contributed by atoms with Crippen molar-refractivity contribution in [1.82, 2.24) is 9.97 Å². The van der Waals surface area contributed by atoms with Crippen molar-refractivity contribution in [2.45, 2.75) is 6.10 Å². The smallest absolute Gasteiger partial charge is 0.161 e. The van der Waals surface area contributed by atoms with Gasteiger partial charge in [0.2, 0.25) is 0 Å². The number of nitrogens with zero attached hydrogens (tertiary/aromatic N) is 2. The molecule has 0 saturated carbocycles. The van der Waals surface area contributed by atoms with Gasteiger partial charge in [0.1, 0.15) is 16.4 Å². The van der Waals surface area contributed by atoms with Crippen LogP contribution in [0.25, 0.3) is 0 Å². The topological polar surface area (TPSA) is 35.0 Å². The van der Waals surface area contributed by atoms with Crippen LogP contribution in [0.2, 0.25) is 10.3 Å². The van der Waals surface area contributed by atoms with Gasteiger partial charge >= 0.3 is 0 Å². The summed E-state index contributed by atoms with van der Waals surface area (Å²) in [4.78, 5) is 8.18. The van der Waals surface area contributed by atoms with Gasteiger partial charge in [0, 0.05) is 17.6 Å². The van der Waals surface area contributed by atoms with Crippen molar-refractivity contribution >= 4 is 35.0 Å². The summed E-state index contributed by atoms with van der Waals surface area (Å²) in [6.07, 6.45) is -0.0788. The van der Waals surface area contributed by atoms with E-state index in [-0.39, 0.29) is 6.10 Å². The Hall–Kier alpha value is -0.0300. The number of aromatic nitrogens is 2. The first-order valence-corrected chi connectivity index (χ1v) is 6.06. The van der Waals surface area contributed by atoms with E-state index in [0.29, 0.717) is 16.1 Å². The molecule has 2 heterocycles. The van der Waals surface area contributed by atoms with Crippen LogP contribution >= 0.6 is 35.0 Å². The Morgan fingerprint density at radius 3 is 2.64 bits per heavy atom. The van der Waals surface area contributed by atoms with Gasteiger partial charge in [0.15, 0.2) is 5.82 Å². The molecule has 14 heavy (non-hydrogen) atoms. The predicted molar refractivity (Wildman–Crippen MR) is 58.1 cm³/mol. The van der Waals surface area contributed by atoms with E-state index in [1.165, 1.54) is 6.07 Å². The van der Waals surface area contributed by atoms with Gasteiger partial charge in [-0.25, -0.2) is 9.97 Å². The second-order valence-corrected chi connectivity index (χ2v) is 4.73. The lowest BCUT2D eigenvalue weighted by Gasteiger charge is -2.20. The minimum absolute atomic E-state index is 0.0788. The van der Waals surface area contributed by atoms with Crippen molar-refractivity contribution in [3.63, 3.8) is 0 Å². The summed E-state index contributed by atoms with van der Waals surface area (Å²) >= 11 is 13.4. The Bertz CT molecular complexity index is 311. The average Bonchev–Trinajstić information content (AvgIpc) is 2.18. The lowest BCUT2D eigenvalue weighted by molar-refractivity contribution is 0.0694. The van der Waals surface area contributed by atoms with Gasteiger partial charge in [-0.1, -0.05) is 23.2 Å². The van der Waals surface area contributed by atoms with Gasteiger partial charge in [-0.05, 0) is 0 Å². The molecule has 76 valence electrons. The molecule has 0 N–H and O–H groups in total. The standard InChI is InChI=1S/C8H8Cl2N2OS/c9-6-3-7(10)12-8(11-6)5-4-14-2-1-13-5/h3,5H,1-2,4H2. The fourth-order valence-electron chi connectivity index (χ4n) is 1.19. The summed E-state index contributed by atoms with van der Waals surface area (Å²) in [5, 5.41) is 0.721. The molecular formula is C8H8Cl2N2OS. The van der Waals surface area contributed by atoms with Crippen LogP contribution in [0.15, 0.2) is 6.07 Å². The third-order valence-corrected chi connectivity index (χ3v) is 3.17. The first kappa shape index (κ1) is 10.5. The van der Waals surface area contributed by atoms with Crippen molar-refractivity contribution in [2.75, 3.05) is 18.1 Å². The van der Waals surface area contributed by atoms with E-state index >= 15 is 0 Å². The quantitative estimate of drug-likeness (QED) is 0.718. The second-order valence-electron chi connectivity index (χ2n) is 2.81. The Labute approximate surface area is 96.2 Å². The first-order chi connectivity index (χ1) is 6.75. The Kier molecular flexibility index (Phi) is 3.49. The van der Waals surface area contributed by atoms with Crippen LogP contribution in [0.1, 0.15) is 11.9 Å². The zero-order valence-corrected chi connectivity index (χ0v) is 9.57. The van der Waals surface area contributed by atoms with Crippen LogP contribution in [0, 0.1) is 0 Å². The predicted octanol–water partition coefficient (Wildman–Crippen LogP) is 2.59. The molecular weight excluding hydrogens is 243 g/mol. The highest BCUT2D eigenvalue weighted by Crippen LogP contribution is 2.25. The van der Waals surface area contributed by atoms with E-state index < -0.39 is 0 Å². The molecule has 0 amide bonds. The molecule has 0 aliphatic carbocycles. The molecule has 1 aliphatic heterocycles. The molecule has 6 heteroatoms. The molecule has 2 rings (SSSR count). The Morgan fingerprint density at radius 1 is 1.36 bits per heavy atom. The van der Waals surface area contributed by atoms with Crippen molar-refractivity contribution < 1.29 is 4.74 Å². The van der Waals surface area contributed by atoms with E-state index in [0.717, 1.165) is 18.1 Å². The molecule has 1 fully saturated rings. The van der Waals surface area contributed by atoms with Crippen molar-refractivity contribution in [1.29, 1.82) is 0 Å². The number of hydrogen-bond donors (Lipinski definition) is 0. The van der Waals surface area contributed by atoms with Gasteiger partial charge in [0.05, 0.1) is 6.61 Å². The van der Waals surface area contributed by atoms with Crippen LogP contribution < -0.4 is 0 Å². The SMILES string of the molecule is Clc1cc(Cl)nc(C2CSCCO2)n1. The van der Waals surface area contributed by atoms with Crippen LogP contribution in [-0.4, -0.2) is 28.1 Å². The fraction of sp³-hybridized carbons (Fsp3) is 0.500. The molecule has 0 spiro atoms. The van der Waals surface area contributed by atoms with E-state index in [4.69, 9.17) is 27.9 Å². The highest BCUT2D eigenvalue weighted by atomic mass is 35.5. The van der Waals surface area contributed by atoms with E-state index in [9.17, 15) is 0 Å². The molecule has 0 aromatic carbocycles. The molecule has 1 saturated heterocycles. The molecule has 3 nitrogen and oxygen atoms in total. The molecule has 1 aromatic heterocycles. The van der Waals surface area contributed by atoms with Crippen LogP contribution in [-0.2, 0) is 4.74 Å². The third-order valence-electron chi connectivity index (χ3n) is 1.78. The maximum absolute atomic E-state index is 5.77. The van der Waals surface area contributed by atoms with Crippen LogP contribution in [0.4, 0.5) is 0 Å². The Balaban J connectivity index is 2.21. The maximum atomic E-state index is 5.77. The van der Waals surface area contributed by atoms with Crippen molar-refractivity contribution in [2.24, 2.45) is 0 Å². The van der Waals surface area contributed by atoms with Gasteiger partial charge in [0.25, 0.3) is 0 Å². The molecule has 1 aliphatic rings. The number of ether oxygens (including phenoxy) is 1. The van der Waals surface area contributed by atoms with Gasteiger partial charge in [-0.2, -0.15) is 11.8 Å². The molecule has 1 aromatic rings. The van der Waals surface area contributed by atoms with Gasteiger partial charge < -0.3 is 4.74 Å². The van der Waals surface area contributed by atoms with E-state index in [1.54, 1.807) is 0 Å². The average molecular weight is 251 g/mol. The summed E-state index contributed by atoms with van der Waals surface area (Å²) in [7, 11) is 0. The third kappa shape index (κ3) is 2.51. The minimum atomic E-state index is -0.0788. The maximum Gasteiger partial charge on any atom is 0.161 e. The monoisotopic (exact) mass is 250 g/mol. The van der Waals surface area contributed by atoms with Gasteiger partial charge in [-0.3, -0.25) is 0 Å². The number of hydrogen-bond acceptors (Lipinski definition) is 4. The summed E-state index contributed by atoms with van der Waals surface area (Å²) in [6.45, 7) is 0.725. The summed E-state index contributed by atoms with van der Waals surface area (Å²) in [5.74, 6) is 2.45. The first-order valence-electron chi connectivity index (χ1n) is 4.15. The van der Waals surface area contributed by atoms with Crippen molar-refractivity contribution in [3.05, 3.63) is 22.2 Å². The summed E-state index contributed by atoms with van der Waals surface area (Å²) in [5.41, 5.74) is 0. The van der Waals surface area contributed by atoms with Gasteiger partial charge in [-0.15, -0.1) is 0 Å². The van der Waals surface area contributed by atoms with E-state index in [1.807, 2.05) is 11.8 Å². The normalized spacial score (nSPS) is 22.3. The number of thioether (sulfide) groups is 1. The zero-order valence-electron chi connectivity index (χ0n) is 7.24. The lowest BCUT2D eigenvalue weighted by atomic mass is 10.3. The highest BCUT2D eigenvalue weighted by molar-refractivity contribution is 7.99. The molecule has 1 atom stereocenters. The molecule has 0 bridgehead atoms. The molecule has 0 radical (unpaired) electrons. The lowest BCUT2D eigenvalue weighted by Crippen LogP contribution is -2.18. The minimum Gasteiger partial charge on any atom is -0.368 e.